The van der Waals surface area contributed by atoms with Crippen molar-refractivity contribution in [2.75, 3.05) is 9.80 Å². The number of carbonyl (C=O) groups is 2. The van der Waals surface area contributed by atoms with Crippen LogP contribution in [0.5, 0.6) is 0 Å². The van der Waals surface area contributed by atoms with Crippen molar-refractivity contribution in [2.24, 2.45) is 0 Å². The molecule has 0 radical (unpaired) electrons. The molecule has 1 aromatic carbocycles. The first-order valence-corrected chi connectivity index (χ1v) is 8.66. The Labute approximate surface area is 159 Å². The van der Waals surface area contributed by atoms with Crippen LogP contribution in [-0.4, -0.2) is 36.3 Å². The van der Waals surface area contributed by atoms with Gasteiger partial charge in [-0.05, 0) is 51.0 Å². The van der Waals surface area contributed by atoms with Crippen LogP contribution in [0.25, 0.3) is 0 Å². The number of hydrogen-bond acceptors (Lipinski definition) is 2. The summed E-state index contributed by atoms with van der Waals surface area (Å²) >= 11 is 0. The average Bonchev–Trinajstić information content (AvgIpc) is 2.61. The summed E-state index contributed by atoms with van der Waals surface area (Å²) in [5, 5.41) is 0. The quantitative estimate of drug-likeness (QED) is 0.612. The molecule has 0 aromatic heterocycles. The fourth-order valence-corrected chi connectivity index (χ4v) is 2.56. The fourth-order valence-electron chi connectivity index (χ4n) is 2.56. The van der Waals surface area contributed by atoms with Gasteiger partial charge in [-0.2, -0.15) is 26.3 Å². The Hall–Kier alpha value is -2.26. The number of halogens is 6. The minimum absolute atomic E-state index is 0.121. The van der Waals surface area contributed by atoms with Gasteiger partial charge in [-0.1, -0.05) is 13.8 Å². The highest BCUT2D eigenvalue weighted by atomic mass is 19.4. The molecule has 0 heterocycles. The summed E-state index contributed by atoms with van der Waals surface area (Å²) in [7, 11) is 0. The minimum Gasteiger partial charge on any atom is -0.302 e. The third-order valence-corrected chi connectivity index (χ3v) is 4.39. The molecule has 2 atom stereocenters. The lowest BCUT2D eigenvalue weighted by Gasteiger charge is -2.31. The average molecular weight is 412 g/mol. The molecule has 4 nitrogen and oxygen atoms in total. The molecule has 1 rings (SSSR count). The first kappa shape index (κ1) is 23.8. The molecule has 0 saturated carbocycles. The topological polar surface area (TPSA) is 40.6 Å². The molecule has 0 fully saturated rings. The van der Waals surface area contributed by atoms with E-state index in [1.165, 1.54) is 13.8 Å². The Balaban J connectivity index is 3.35. The lowest BCUT2D eigenvalue weighted by Crippen LogP contribution is -2.47. The number of amides is 2. The Morgan fingerprint density at radius 1 is 0.750 bits per heavy atom. The maximum atomic E-state index is 12.9. The summed E-state index contributed by atoms with van der Waals surface area (Å²) in [4.78, 5) is 24.6. The number of rotatable bonds is 6. The van der Waals surface area contributed by atoms with E-state index in [1.807, 2.05) is 0 Å². The van der Waals surface area contributed by atoms with Gasteiger partial charge in [0.25, 0.3) is 0 Å². The number of alkyl halides is 6. The van der Waals surface area contributed by atoms with Gasteiger partial charge in [-0.15, -0.1) is 0 Å². The second-order valence-corrected chi connectivity index (χ2v) is 6.38. The molecule has 1 aromatic rings. The van der Waals surface area contributed by atoms with E-state index in [9.17, 15) is 35.9 Å². The van der Waals surface area contributed by atoms with Crippen LogP contribution in [0.2, 0.25) is 0 Å². The maximum absolute atomic E-state index is 12.9. The summed E-state index contributed by atoms with van der Waals surface area (Å²) < 4.78 is 77.5. The number of nitrogens with zero attached hydrogens (tertiary/aromatic N) is 2. The molecule has 0 N–H and O–H groups in total. The highest BCUT2D eigenvalue weighted by molar-refractivity contribution is 5.99. The Kier molecular flexibility index (Phi) is 7.50. The van der Waals surface area contributed by atoms with Crippen LogP contribution >= 0.6 is 0 Å². The van der Waals surface area contributed by atoms with E-state index in [0.717, 1.165) is 24.3 Å². The Morgan fingerprint density at radius 3 is 1.18 bits per heavy atom. The minimum atomic E-state index is -5.10. The second kappa shape index (κ2) is 8.83. The Morgan fingerprint density at radius 2 is 1.00 bits per heavy atom. The summed E-state index contributed by atoms with van der Waals surface area (Å²) in [6, 6.07) is 2.83. The lowest BCUT2D eigenvalue weighted by atomic mass is 10.1. The van der Waals surface area contributed by atoms with E-state index in [4.69, 9.17) is 0 Å². The second-order valence-electron chi connectivity index (χ2n) is 6.38. The zero-order chi connectivity index (χ0) is 21.9. The predicted molar refractivity (Wildman–Crippen MR) is 93.0 cm³/mol. The molecule has 0 unspecified atom stereocenters. The normalized spacial score (nSPS) is 14.4. The molecule has 158 valence electrons. The van der Waals surface area contributed by atoms with Crippen molar-refractivity contribution in [3.63, 3.8) is 0 Å². The van der Waals surface area contributed by atoms with Crippen LogP contribution in [0.3, 0.4) is 0 Å². The zero-order valence-corrected chi connectivity index (χ0v) is 15.9. The monoisotopic (exact) mass is 412 g/mol. The van der Waals surface area contributed by atoms with Crippen molar-refractivity contribution in [3.8, 4) is 0 Å². The van der Waals surface area contributed by atoms with Gasteiger partial charge in [0.2, 0.25) is 0 Å². The van der Waals surface area contributed by atoms with E-state index in [2.05, 4.69) is 0 Å². The fraction of sp³-hybridized carbons (Fsp3) is 0.556. The van der Waals surface area contributed by atoms with Crippen LogP contribution in [0, 0.1) is 0 Å². The first-order chi connectivity index (χ1) is 12.8. The zero-order valence-electron chi connectivity index (χ0n) is 15.9. The number of anilines is 2. The standard InChI is InChI=1S/C18H22F6N2O2/c1-5-11(3)25(15(27)17(19,20)21)13-7-9-14(10-8-13)26(12(4)6-2)16(28)18(22,23)24/h7-12H,5-6H2,1-4H3/t11-,12+. The lowest BCUT2D eigenvalue weighted by molar-refractivity contribution is -0.171. The predicted octanol–water partition coefficient (Wildman–Crippen LogP) is 5.07. The van der Waals surface area contributed by atoms with E-state index < -0.39 is 36.3 Å². The van der Waals surface area contributed by atoms with E-state index in [-0.39, 0.29) is 24.2 Å². The number of hydrogen-bond donors (Lipinski definition) is 0. The van der Waals surface area contributed by atoms with Crippen molar-refractivity contribution in [3.05, 3.63) is 24.3 Å². The first-order valence-electron chi connectivity index (χ1n) is 8.66. The molecule has 0 bridgehead atoms. The van der Waals surface area contributed by atoms with Crippen LogP contribution in [0.15, 0.2) is 24.3 Å². The maximum Gasteiger partial charge on any atom is 0.471 e. The molecular formula is C18H22F6N2O2. The molecule has 0 aliphatic rings. The van der Waals surface area contributed by atoms with Gasteiger partial charge in [0.05, 0.1) is 0 Å². The summed E-state index contributed by atoms with van der Waals surface area (Å²) in [6.07, 6.45) is -9.74. The van der Waals surface area contributed by atoms with Gasteiger partial charge in [0, 0.05) is 23.5 Å². The third kappa shape index (κ3) is 5.39. The Bertz CT molecular complexity index is 626. The highest BCUT2D eigenvalue weighted by Gasteiger charge is 2.45. The number of benzene rings is 1. The van der Waals surface area contributed by atoms with Gasteiger partial charge in [0.15, 0.2) is 0 Å². The third-order valence-electron chi connectivity index (χ3n) is 4.39. The highest BCUT2D eigenvalue weighted by Crippen LogP contribution is 2.31. The van der Waals surface area contributed by atoms with Gasteiger partial charge < -0.3 is 9.80 Å². The molecule has 2 amide bonds. The molecule has 10 heteroatoms. The largest absolute Gasteiger partial charge is 0.471 e. The summed E-state index contributed by atoms with van der Waals surface area (Å²) in [6.45, 7) is 6.05. The smallest absolute Gasteiger partial charge is 0.302 e. The molecule has 28 heavy (non-hydrogen) atoms. The molecule has 0 saturated heterocycles. The van der Waals surface area contributed by atoms with E-state index in [0.29, 0.717) is 9.80 Å². The van der Waals surface area contributed by atoms with Crippen molar-refractivity contribution >= 4 is 23.2 Å². The number of carbonyl (C=O) groups excluding carboxylic acids is 2. The summed E-state index contributed by atoms with van der Waals surface area (Å²) in [5.74, 6) is -4.14. The van der Waals surface area contributed by atoms with Crippen molar-refractivity contribution < 1.29 is 35.9 Å². The van der Waals surface area contributed by atoms with Crippen molar-refractivity contribution in [1.82, 2.24) is 0 Å². The molecular weight excluding hydrogens is 390 g/mol. The molecule has 0 spiro atoms. The van der Waals surface area contributed by atoms with Gasteiger partial charge >= 0.3 is 24.2 Å². The van der Waals surface area contributed by atoms with Gasteiger partial charge in [-0.25, -0.2) is 0 Å². The van der Waals surface area contributed by atoms with Crippen molar-refractivity contribution in [2.45, 2.75) is 65.0 Å². The van der Waals surface area contributed by atoms with Crippen LogP contribution < -0.4 is 9.80 Å². The molecule has 0 aliphatic heterocycles. The van der Waals surface area contributed by atoms with E-state index >= 15 is 0 Å². The van der Waals surface area contributed by atoms with E-state index in [1.54, 1.807) is 13.8 Å². The van der Waals surface area contributed by atoms with Crippen LogP contribution in [-0.2, 0) is 9.59 Å². The van der Waals surface area contributed by atoms with Crippen molar-refractivity contribution in [1.29, 1.82) is 0 Å². The van der Waals surface area contributed by atoms with Gasteiger partial charge in [-0.3, -0.25) is 9.59 Å². The van der Waals surface area contributed by atoms with Crippen LogP contribution in [0.1, 0.15) is 40.5 Å². The molecule has 0 aliphatic carbocycles. The SMILES string of the molecule is CC[C@@H](C)N(C(=O)C(F)(F)F)c1ccc(N(C(=O)C(F)(F)F)[C@@H](C)CC)cc1. The van der Waals surface area contributed by atoms with Crippen LogP contribution in [0.4, 0.5) is 37.7 Å². The van der Waals surface area contributed by atoms with Gasteiger partial charge in [0.1, 0.15) is 0 Å². The summed E-state index contributed by atoms with van der Waals surface area (Å²) in [5.41, 5.74) is -0.243.